The zero-order valence-electron chi connectivity index (χ0n) is 54.2. The summed E-state index contributed by atoms with van der Waals surface area (Å²) in [6, 6.07) is 0. The Labute approximate surface area is 513 Å². The van der Waals surface area contributed by atoms with Gasteiger partial charge in [-0.05, 0) is 128 Å². The fourth-order valence-electron chi connectivity index (χ4n) is 9.56. The van der Waals surface area contributed by atoms with E-state index in [1.165, 1.54) is 141 Å². The summed E-state index contributed by atoms with van der Waals surface area (Å²) < 4.78 is 16.9. The Kier molecular flexibility index (Phi) is 66.3. The summed E-state index contributed by atoms with van der Waals surface area (Å²) in [5.74, 6) is -0.941. The van der Waals surface area contributed by atoms with Gasteiger partial charge in [0.1, 0.15) is 13.2 Å². The Balaban J connectivity index is 4.23. The van der Waals surface area contributed by atoms with E-state index in [0.717, 1.165) is 135 Å². The van der Waals surface area contributed by atoms with E-state index in [9.17, 15) is 14.4 Å². The monoisotopic (exact) mass is 1150 g/mol. The highest BCUT2D eigenvalue weighted by molar-refractivity contribution is 5.71. The fourth-order valence-corrected chi connectivity index (χ4v) is 9.56. The highest BCUT2D eigenvalue weighted by Crippen LogP contribution is 2.17. The van der Waals surface area contributed by atoms with Crippen LogP contribution < -0.4 is 0 Å². The lowest BCUT2D eigenvalue weighted by Gasteiger charge is -2.18. The number of esters is 3. The number of ether oxygens (including phenoxy) is 3. The van der Waals surface area contributed by atoms with Crippen molar-refractivity contribution in [2.45, 2.75) is 322 Å². The molecule has 0 saturated carbocycles. The minimum absolute atomic E-state index is 0.0957. The van der Waals surface area contributed by atoms with Gasteiger partial charge in [-0.3, -0.25) is 14.4 Å². The van der Waals surface area contributed by atoms with Gasteiger partial charge < -0.3 is 14.2 Å². The van der Waals surface area contributed by atoms with Crippen LogP contribution in [0.15, 0.2) is 134 Å². The standard InChI is InChI=1S/C77H128O6/c1-4-7-10-13-16-19-22-25-28-30-31-32-33-34-35-36-37-38-39-40-41-42-43-44-45-47-49-52-55-58-61-64-67-70-76(79)82-73-74(72-81-75(78)69-66-63-60-57-54-51-48-27-24-21-18-15-12-9-6-3)83-77(80)71-68-65-62-59-56-53-50-46-29-26-23-20-17-14-11-8-5-2/h7-12,16-21,25-29,31-32,48,54,57,74H,4-6,13-15,22-24,30,33-47,49-53,55-56,58-73H2,1-3H3/b10-7-,11-8-,12-9-,19-16-,20-17-,21-18-,28-25-,29-26-,32-31-,48-27-,57-54-. The summed E-state index contributed by atoms with van der Waals surface area (Å²) >= 11 is 0. The van der Waals surface area contributed by atoms with E-state index >= 15 is 0 Å². The summed E-state index contributed by atoms with van der Waals surface area (Å²) in [6.07, 6.45) is 99.2. The SMILES string of the molecule is CC/C=C\C/C=C\C/C=C\C/C=C\CCCCCCCCCCCCCCCCCCCCCCC(=O)OCC(COC(=O)CCCC/C=C\C/C=C\C/C=C\C/C=C\CC)OC(=O)CCCCCCCCC/C=C\C/C=C\C/C=C\CC. The van der Waals surface area contributed by atoms with Gasteiger partial charge in [-0.1, -0.05) is 302 Å². The molecule has 472 valence electrons. The van der Waals surface area contributed by atoms with Crippen LogP contribution in [0, 0.1) is 0 Å². The Morgan fingerprint density at radius 1 is 0.241 bits per heavy atom. The third-order valence-corrected chi connectivity index (χ3v) is 14.6. The molecule has 0 heterocycles. The Morgan fingerprint density at radius 2 is 0.434 bits per heavy atom. The van der Waals surface area contributed by atoms with Crippen molar-refractivity contribution in [2.75, 3.05) is 13.2 Å². The molecule has 0 radical (unpaired) electrons. The molecule has 0 rings (SSSR count). The predicted molar refractivity (Wildman–Crippen MR) is 362 cm³/mol. The van der Waals surface area contributed by atoms with Crippen LogP contribution >= 0.6 is 0 Å². The van der Waals surface area contributed by atoms with Crippen molar-refractivity contribution in [3.05, 3.63) is 134 Å². The Bertz CT molecular complexity index is 1750. The molecule has 0 aromatic rings. The van der Waals surface area contributed by atoms with Gasteiger partial charge >= 0.3 is 17.9 Å². The molecule has 0 saturated heterocycles. The lowest BCUT2D eigenvalue weighted by atomic mass is 10.0. The van der Waals surface area contributed by atoms with Crippen LogP contribution in [0.3, 0.4) is 0 Å². The molecule has 0 fully saturated rings. The average Bonchev–Trinajstić information content (AvgIpc) is 3.49. The molecule has 0 amide bonds. The van der Waals surface area contributed by atoms with Crippen molar-refractivity contribution in [1.82, 2.24) is 0 Å². The lowest BCUT2D eigenvalue weighted by Crippen LogP contribution is -2.30. The number of allylic oxidation sites excluding steroid dienone is 22. The second-order valence-corrected chi connectivity index (χ2v) is 22.6. The van der Waals surface area contributed by atoms with Gasteiger partial charge in [0.05, 0.1) is 0 Å². The summed E-state index contributed by atoms with van der Waals surface area (Å²) in [4.78, 5) is 38.4. The maximum absolute atomic E-state index is 12.9. The second-order valence-electron chi connectivity index (χ2n) is 22.6. The highest BCUT2D eigenvalue weighted by Gasteiger charge is 2.19. The van der Waals surface area contributed by atoms with Gasteiger partial charge in [0.15, 0.2) is 6.10 Å². The van der Waals surface area contributed by atoms with Gasteiger partial charge in [0, 0.05) is 19.3 Å². The molecule has 0 spiro atoms. The first kappa shape index (κ1) is 78.5. The van der Waals surface area contributed by atoms with Crippen LogP contribution in [0.4, 0.5) is 0 Å². The first-order valence-corrected chi connectivity index (χ1v) is 34.7. The quantitative estimate of drug-likeness (QED) is 0.0261. The molecule has 1 atom stereocenters. The number of unbranched alkanes of at least 4 members (excludes halogenated alkanes) is 29. The molecule has 0 aliphatic rings. The van der Waals surface area contributed by atoms with E-state index in [1.807, 2.05) is 0 Å². The third-order valence-electron chi connectivity index (χ3n) is 14.6. The summed E-state index contributed by atoms with van der Waals surface area (Å²) in [5, 5.41) is 0. The number of carbonyl (C=O) groups excluding carboxylic acids is 3. The number of carbonyl (C=O) groups is 3. The van der Waals surface area contributed by atoms with Gasteiger partial charge in [0.25, 0.3) is 0 Å². The molecule has 1 unspecified atom stereocenters. The number of hydrogen-bond acceptors (Lipinski definition) is 6. The van der Waals surface area contributed by atoms with Crippen molar-refractivity contribution in [2.24, 2.45) is 0 Å². The first-order valence-electron chi connectivity index (χ1n) is 34.7. The minimum Gasteiger partial charge on any atom is -0.462 e. The smallest absolute Gasteiger partial charge is 0.306 e. The maximum Gasteiger partial charge on any atom is 0.306 e. The van der Waals surface area contributed by atoms with Crippen molar-refractivity contribution >= 4 is 17.9 Å². The second kappa shape index (κ2) is 70.0. The van der Waals surface area contributed by atoms with Crippen LogP contribution in [-0.2, 0) is 28.6 Å². The summed E-state index contributed by atoms with van der Waals surface area (Å²) in [7, 11) is 0. The third kappa shape index (κ3) is 68.2. The number of rotatable bonds is 62. The summed E-state index contributed by atoms with van der Waals surface area (Å²) in [6.45, 7) is 6.28. The normalized spacial score (nSPS) is 13.0. The van der Waals surface area contributed by atoms with Gasteiger partial charge in [-0.25, -0.2) is 0 Å². The van der Waals surface area contributed by atoms with Crippen molar-refractivity contribution in [1.29, 1.82) is 0 Å². The van der Waals surface area contributed by atoms with Crippen LogP contribution in [-0.4, -0.2) is 37.2 Å². The van der Waals surface area contributed by atoms with Gasteiger partial charge in [-0.2, -0.15) is 0 Å². The van der Waals surface area contributed by atoms with E-state index in [4.69, 9.17) is 14.2 Å². The lowest BCUT2D eigenvalue weighted by molar-refractivity contribution is -0.167. The Morgan fingerprint density at radius 3 is 0.699 bits per heavy atom. The molecule has 83 heavy (non-hydrogen) atoms. The maximum atomic E-state index is 12.9. The van der Waals surface area contributed by atoms with E-state index in [2.05, 4.69) is 154 Å². The van der Waals surface area contributed by atoms with Crippen molar-refractivity contribution in [3.63, 3.8) is 0 Å². The van der Waals surface area contributed by atoms with Crippen LogP contribution in [0.5, 0.6) is 0 Å². The topological polar surface area (TPSA) is 78.9 Å². The van der Waals surface area contributed by atoms with Crippen molar-refractivity contribution < 1.29 is 28.6 Å². The summed E-state index contributed by atoms with van der Waals surface area (Å²) in [5.41, 5.74) is 0. The van der Waals surface area contributed by atoms with Crippen LogP contribution in [0.1, 0.15) is 316 Å². The average molecular weight is 1150 g/mol. The van der Waals surface area contributed by atoms with Gasteiger partial charge in [-0.15, -0.1) is 0 Å². The van der Waals surface area contributed by atoms with Crippen LogP contribution in [0.25, 0.3) is 0 Å². The molecule has 0 aliphatic carbocycles. The van der Waals surface area contributed by atoms with E-state index < -0.39 is 6.10 Å². The molecular formula is C77H128O6. The van der Waals surface area contributed by atoms with Gasteiger partial charge in [0.2, 0.25) is 0 Å². The molecule has 0 aromatic heterocycles. The largest absolute Gasteiger partial charge is 0.462 e. The molecule has 0 aromatic carbocycles. The highest BCUT2D eigenvalue weighted by atomic mass is 16.6. The zero-order chi connectivity index (χ0) is 59.9. The Hall–Kier alpha value is -4.45. The van der Waals surface area contributed by atoms with Crippen LogP contribution in [0.2, 0.25) is 0 Å². The van der Waals surface area contributed by atoms with Crippen molar-refractivity contribution in [3.8, 4) is 0 Å². The molecule has 0 aliphatic heterocycles. The zero-order valence-corrected chi connectivity index (χ0v) is 54.2. The van der Waals surface area contributed by atoms with E-state index in [1.54, 1.807) is 0 Å². The molecular weight excluding hydrogens is 1020 g/mol. The molecule has 0 N–H and O–H groups in total. The predicted octanol–water partition coefficient (Wildman–Crippen LogP) is 24.1. The van der Waals surface area contributed by atoms with E-state index in [0.29, 0.717) is 19.3 Å². The first-order chi connectivity index (χ1) is 41.0. The number of hydrogen-bond donors (Lipinski definition) is 0. The molecule has 6 heteroatoms. The molecule has 6 nitrogen and oxygen atoms in total. The van der Waals surface area contributed by atoms with E-state index in [-0.39, 0.29) is 31.1 Å². The minimum atomic E-state index is -0.804. The molecule has 0 bridgehead atoms. The fraction of sp³-hybridized carbons (Fsp3) is 0.675.